The summed E-state index contributed by atoms with van der Waals surface area (Å²) < 4.78 is 0. The first-order valence-corrected chi connectivity index (χ1v) is 9.03. The van der Waals surface area contributed by atoms with Crippen LogP contribution in [0.15, 0.2) is 24.3 Å². The van der Waals surface area contributed by atoms with Crippen LogP contribution in [-0.2, 0) is 16.0 Å². The molecule has 4 nitrogen and oxygen atoms in total. The Kier molecular flexibility index (Phi) is 13.6. The molecule has 4 heteroatoms. The van der Waals surface area contributed by atoms with Gasteiger partial charge in [0.25, 0.3) is 0 Å². The standard InChI is InChI=1S/C16H25NO.C4H8O2/c1-3-4-13-17-16(18)8-6-5-7-15-11-9-14(2)10-12-15;1-2-3-4(5)6/h9-12H,3-8,13H2,1-2H3,(H,17,18);2-3H2,1H3,(H,5,6). The number of nitrogens with one attached hydrogen (secondary N) is 1. The molecule has 0 bridgehead atoms. The Hall–Kier alpha value is -1.84. The van der Waals surface area contributed by atoms with Crippen molar-refractivity contribution in [3.8, 4) is 0 Å². The first-order valence-electron chi connectivity index (χ1n) is 9.03. The van der Waals surface area contributed by atoms with Crippen LogP contribution < -0.4 is 5.32 Å². The van der Waals surface area contributed by atoms with Crippen molar-refractivity contribution in [1.82, 2.24) is 5.32 Å². The third-order valence-corrected chi connectivity index (χ3v) is 3.56. The molecule has 0 fully saturated rings. The molecular formula is C20H33NO3. The van der Waals surface area contributed by atoms with E-state index in [1.54, 1.807) is 0 Å². The van der Waals surface area contributed by atoms with E-state index >= 15 is 0 Å². The molecule has 136 valence electrons. The predicted molar refractivity (Wildman–Crippen MR) is 99.2 cm³/mol. The summed E-state index contributed by atoms with van der Waals surface area (Å²) in [6, 6.07) is 8.65. The Morgan fingerprint density at radius 1 is 0.958 bits per heavy atom. The molecule has 1 rings (SSSR count). The molecule has 0 aliphatic heterocycles. The predicted octanol–water partition coefficient (Wildman–Crippen LogP) is 4.50. The zero-order valence-corrected chi connectivity index (χ0v) is 15.4. The van der Waals surface area contributed by atoms with Gasteiger partial charge in [0.05, 0.1) is 0 Å². The highest BCUT2D eigenvalue weighted by molar-refractivity contribution is 5.75. The van der Waals surface area contributed by atoms with Crippen LogP contribution in [0.1, 0.15) is 69.9 Å². The van der Waals surface area contributed by atoms with Gasteiger partial charge in [-0.1, -0.05) is 50.1 Å². The third kappa shape index (κ3) is 13.8. The van der Waals surface area contributed by atoms with E-state index in [-0.39, 0.29) is 5.91 Å². The second-order valence-corrected chi connectivity index (χ2v) is 6.04. The van der Waals surface area contributed by atoms with E-state index in [2.05, 4.69) is 43.4 Å². The number of carbonyl (C=O) groups is 2. The smallest absolute Gasteiger partial charge is 0.303 e. The molecule has 1 aromatic carbocycles. The van der Waals surface area contributed by atoms with Crippen molar-refractivity contribution in [2.75, 3.05) is 6.54 Å². The van der Waals surface area contributed by atoms with E-state index in [1.807, 2.05) is 6.92 Å². The quantitative estimate of drug-likeness (QED) is 0.619. The molecule has 0 heterocycles. The van der Waals surface area contributed by atoms with Gasteiger partial charge in [-0.05, 0) is 44.6 Å². The van der Waals surface area contributed by atoms with E-state index in [0.717, 1.165) is 45.1 Å². The van der Waals surface area contributed by atoms with Crippen LogP contribution in [-0.4, -0.2) is 23.5 Å². The largest absolute Gasteiger partial charge is 0.481 e. The Morgan fingerprint density at radius 3 is 2.12 bits per heavy atom. The van der Waals surface area contributed by atoms with Crippen molar-refractivity contribution in [1.29, 1.82) is 0 Å². The van der Waals surface area contributed by atoms with Gasteiger partial charge in [-0.25, -0.2) is 0 Å². The fourth-order valence-corrected chi connectivity index (χ4v) is 2.08. The second-order valence-electron chi connectivity index (χ2n) is 6.04. The van der Waals surface area contributed by atoms with E-state index in [0.29, 0.717) is 12.8 Å². The second kappa shape index (κ2) is 14.7. The van der Waals surface area contributed by atoms with Crippen molar-refractivity contribution >= 4 is 11.9 Å². The summed E-state index contributed by atoms with van der Waals surface area (Å²) in [6.45, 7) is 6.90. The fourth-order valence-electron chi connectivity index (χ4n) is 2.08. The van der Waals surface area contributed by atoms with Crippen LogP contribution in [0.3, 0.4) is 0 Å². The minimum atomic E-state index is -0.711. The summed E-state index contributed by atoms with van der Waals surface area (Å²) in [4.78, 5) is 21.1. The van der Waals surface area contributed by atoms with Crippen LogP contribution >= 0.6 is 0 Å². The molecule has 0 aromatic heterocycles. The van der Waals surface area contributed by atoms with Gasteiger partial charge >= 0.3 is 5.97 Å². The van der Waals surface area contributed by atoms with Crippen molar-refractivity contribution in [2.24, 2.45) is 0 Å². The van der Waals surface area contributed by atoms with Crippen LogP contribution in [0.4, 0.5) is 0 Å². The highest BCUT2D eigenvalue weighted by atomic mass is 16.4. The number of aryl methyl sites for hydroxylation is 2. The molecule has 0 atom stereocenters. The highest BCUT2D eigenvalue weighted by Crippen LogP contribution is 2.08. The van der Waals surface area contributed by atoms with Gasteiger partial charge in [-0.15, -0.1) is 0 Å². The van der Waals surface area contributed by atoms with Crippen molar-refractivity contribution in [3.05, 3.63) is 35.4 Å². The molecule has 2 N–H and O–H groups in total. The van der Waals surface area contributed by atoms with E-state index in [1.165, 1.54) is 11.1 Å². The summed E-state index contributed by atoms with van der Waals surface area (Å²) in [5.41, 5.74) is 2.67. The van der Waals surface area contributed by atoms with Gasteiger partial charge in [0.2, 0.25) is 5.91 Å². The van der Waals surface area contributed by atoms with Gasteiger partial charge in [0.15, 0.2) is 0 Å². The number of aliphatic carboxylic acids is 1. The number of carbonyl (C=O) groups excluding carboxylic acids is 1. The number of rotatable bonds is 10. The Morgan fingerprint density at radius 2 is 1.62 bits per heavy atom. The molecule has 0 unspecified atom stereocenters. The zero-order valence-electron chi connectivity index (χ0n) is 15.4. The highest BCUT2D eigenvalue weighted by Gasteiger charge is 2.00. The number of amides is 1. The van der Waals surface area contributed by atoms with E-state index < -0.39 is 5.97 Å². The summed E-state index contributed by atoms with van der Waals surface area (Å²) >= 11 is 0. The summed E-state index contributed by atoms with van der Waals surface area (Å²) in [5.74, 6) is -0.509. The summed E-state index contributed by atoms with van der Waals surface area (Å²) in [6.07, 6.45) is 7.03. The fraction of sp³-hybridized carbons (Fsp3) is 0.600. The lowest BCUT2D eigenvalue weighted by atomic mass is 10.1. The van der Waals surface area contributed by atoms with Crippen LogP contribution in [0.5, 0.6) is 0 Å². The molecular weight excluding hydrogens is 302 g/mol. The Labute approximate surface area is 146 Å². The first kappa shape index (κ1) is 22.2. The normalized spacial score (nSPS) is 9.79. The molecule has 0 radical (unpaired) electrons. The minimum Gasteiger partial charge on any atom is -0.481 e. The van der Waals surface area contributed by atoms with Gasteiger partial charge in [0.1, 0.15) is 0 Å². The molecule has 0 saturated heterocycles. The number of unbranched alkanes of at least 4 members (excludes halogenated alkanes) is 2. The van der Waals surface area contributed by atoms with Gasteiger partial charge in [-0.3, -0.25) is 9.59 Å². The lowest BCUT2D eigenvalue weighted by Crippen LogP contribution is -2.23. The summed E-state index contributed by atoms with van der Waals surface area (Å²) in [7, 11) is 0. The average molecular weight is 335 g/mol. The van der Waals surface area contributed by atoms with Gasteiger partial charge in [-0.2, -0.15) is 0 Å². The van der Waals surface area contributed by atoms with Gasteiger partial charge in [0, 0.05) is 19.4 Å². The maximum absolute atomic E-state index is 11.5. The van der Waals surface area contributed by atoms with E-state index in [9.17, 15) is 9.59 Å². The van der Waals surface area contributed by atoms with Crippen LogP contribution in [0.2, 0.25) is 0 Å². The molecule has 0 aliphatic carbocycles. The SMILES string of the molecule is CCCC(=O)O.CCCCNC(=O)CCCCc1ccc(C)cc1. The minimum absolute atomic E-state index is 0.201. The lowest BCUT2D eigenvalue weighted by Gasteiger charge is -2.04. The zero-order chi connectivity index (χ0) is 18.2. The molecule has 0 saturated carbocycles. The topological polar surface area (TPSA) is 66.4 Å². The number of carboxylic acid groups (broad SMARTS) is 1. The number of carboxylic acids is 1. The Bertz CT molecular complexity index is 454. The van der Waals surface area contributed by atoms with E-state index in [4.69, 9.17) is 5.11 Å². The monoisotopic (exact) mass is 335 g/mol. The van der Waals surface area contributed by atoms with Crippen molar-refractivity contribution < 1.29 is 14.7 Å². The maximum Gasteiger partial charge on any atom is 0.303 e. The number of benzene rings is 1. The summed E-state index contributed by atoms with van der Waals surface area (Å²) in [5, 5.41) is 10.9. The number of hydrogen-bond acceptors (Lipinski definition) is 2. The molecule has 1 amide bonds. The average Bonchev–Trinajstić information content (AvgIpc) is 2.54. The van der Waals surface area contributed by atoms with Gasteiger partial charge < -0.3 is 10.4 Å². The van der Waals surface area contributed by atoms with Crippen molar-refractivity contribution in [3.63, 3.8) is 0 Å². The Balaban J connectivity index is 0.000000754. The molecule has 0 spiro atoms. The number of hydrogen-bond donors (Lipinski definition) is 2. The molecule has 1 aromatic rings. The lowest BCUT2D eigenvalue weighted by molar-refractivity contribution is -0.137. The first-order chi connectivity index (χ1) is 11.5. The van der Waals surface area contributed by atoms with Crippen LogP contribution in [0, 0.1) is 6.92 Å². The molecule has 0 aliphatic rings. The van der Waals surface area contributed by atoms with Crippen molar-refractivity contribution in [2.45, 2.75) is 72.1 Å². The third-order valence-electron chi connectivity index (χ3n) is 3.56. The maximum atomic E-state index is 11.5. The molecule has 24 heavy (non-hydrogen) atoms. The van der Waals surface area contributed by atoms with Crippen LogP contribution in [0.25, 0.3) is 0 Å².